The molecule has 0 aliphatic carbocycles. The Kier molecular flexibility index (Phi) is 7.71. The molecule has 0 aliphatic heterocycles. The van der Waals surface area contributed by atoms with Gasteiger partial charge in [0.25, 0.3) is 0 Å². The van der Waals surface area contributed by atoms with Gasteiger partial charge in [0.1, 0.15) is 23.1 Å². The summed E-state index contributed by atoms with van der Waals surface area (Å²) in [7, 11) is 0. The summed E-state index contributed by atoms with van der Waals surface area (Å²) in [6, 6.07) is 8.08. The van der Waals surface area contributed by atoms with Crippen LogP contribution in [0.25, 0.3) is 11.1 Å². The number of phenols is 1. The van der Waals surface area contributed by atoms with E-state index >= 15 is 4.39 Å². The summed E-state index contributed by atoms with van der Waals surface area (Å²) >= 11 is 12.6. The first-order chi connectivity index (χ1) is 15.6. The summed E-state index contributed by atoms with van der Waals surface area (Å²) in [5, 5.41) is 19.4. The zero-order valence-corrected chi connectivity index (χ0v) is 18.2. The SMILES string of the molecule is O=C(O)CCc1cc(Cl)c(Cc2ccc(O)c(-c3cc(OC(F)F)ccc3F)c2F)c(Cl)c1. The number of aromatic hydroxyl groups is 1. The van der Waals surface area contributed by atoms with E-state index in [0.717, 1.165) is 24.3 Å². The fourth-order valence-corrected chi connectivity index (χ4v) is 3.95. The molecule has 0 fully saturated rings. The molecule has 10 heteroatoms. The average Bonchev–Trinajstić information content (AvgIpc) is 2.72. The smallest absolute Gasteiger partial charge is 0.387 e. The van der Waals surface area contributed by atoms with Gasteiger partial charge in [0.15, 0.2) is 0 Å². The third kappa shape index (κ3) is 5.89. The van der Waals surface area contributed by atoms with E-state index in [1.165, 1.54) is 18.2 Å². The molecule has 0 saturated heterocycles. The zero-order chi connectivity index (χ0) is 24.3. The Hall–Kier alpha value is -2.97. The van der Waals surface area contributed by atoms with Crippen LogP contribution < -0.4 is 4.74 Å². The average molecular weight is 503 g/mol. The summed E-state index contributed by atoms with van der Waals surface area (Å²) in [6.07, 6.45) is -0.0598. The predicted octanol–water partition coefficient (Wildman–Crippen LogP) is 6.85. The van der Waals surface area contributed by atoms with Gasteiger partial charge >= 0.3 is 12.6 Å². The summed E-state index contributed by atoms with van der Waals surface area (Å²) in [5.74, 6) is -3.95. The van der Waals surface area contributed by atoms with Crippen molar-refractivity contribution in [1.29, 1.82) is 0 Å². The molecule has 4 nitrogen and oxygen atoms in total. The van der Waals surface area contributed by atoms with Crippen LogP contribution in [0.3, 0.4) is 0 Å². The van der Waals surface area contributed by atoms with Crippen LogP contribution in [0.1, 0.15) is 23.1 Å². The number of carboxylic acids is 1. The number of hydrogen-bond acceptors (Lipinski definition) is 3. The first-order valence-corrected chi connectivity index (χ1v) is 10.3. The Morgan fingerprint density at radius 2 is 1.70 bits per heavy atom. The maximum absolute atomic E-state index is 15.4. The molecule has 0 heterocycles. The van der Waals surface area contributed by atoms with Crippen LogP contribution in [0.5, 0.6) is 11.5 Å². The van der Waals surface area contributed by atoms with Crippen molar-refractivity contribution in [3.8, 4) is 22.6 Å². The summed E-state index contributed by atoms with van der Waals surface area (Å²) < 4.78 is 59.0. The quantitative estimate of drug-likeness (QED) is 0.330. The van der Waals surface area contributed by atoms with Gasteiger partial charge < -0.3 is 14.9 Å². The number of hydrogen-bond donors (Lipinski definition) is 2. The van der Waals surface area contributed by atoms with Gasteiger partial charge in [-0.2, -0.15) is 8.78 Å². The van der Waals surface area contributed by atoms with Crippen molar-refractivity contribution in [3.63, 3.8) is 0 Å². The Morgan fingerprint density at radius 3 is 2.30 bits per heavy atom. The molecule has 0 amide bonds. The maximum atomic E-state index is 15.4. The number of halogens is 6. The minimum atomic E-state index is -3.17. The molecule has 3 aromatic rings. The van der Waals surface area contributed by atoms with Crippen LogP contribution in [-0.4, -0.2) is 22.8 Å². The Morgan fingerprint density at radius 1 is 1.03 bits per heavy atom. The number of aryl methyl sites for hydroxylation is 1. The van der Waals surface area contributed by atoms with Crippen molar-refractivity contribution in [2.24, 2.45) is 0 Å². The largest absolute Gasteiger partial charge is 0.507 e. The molecule has 3 rings (SSSR count). The molecule has 0 aliphatic rings. The highest BCUT2D eigenvalue weighted by atomic mass is 35.5. The molecule has 3 aromatic carbocycles. The highest BCUT2D eigenvalue weighted by Gasteiger charge is 2.21. The number of ether oxygens (including phenoxy) is 1. The van der Waals surface area contributed by atoms with Crippen molar-refractivity contribution in [1.82, 2.24) is 0 Å². The molecular formula is C23H16Cl2F4O4. The second-order valence-corrected chi connectivity index (χ2v) is 7.88. The van der Waals surface area contributed by atoms with Gasteiger partial charge in [-0.25, -0.2) is 8.78 Å². The first-order valence-electron chi connectivity index (χ1n) is 9.50. The molecular weight excluding hydrogens is 487 g/mol. The number of aliphatic carboxylic acids is 1. The predicted molar refractivity (Wildman–Crippen MR) is 115 cm³/mol. The minimum absolute atomic E-state index is 0.00414. The van der Waals surface area contributed by atoms with Crippen LogP contribution in [0.2, 0.25) is 10.0 Å². The van der Waals surface area contributed by atoms with Crippen LogP contribution in [0.4, 0.5) is 17.6 Å². The lowest BCUT2D eigenvalue weighted by Crippen LogP contribution is -2.03. The summed E-state index contributed by atoms with van der Waals surface area (Å²) in [4.78, 5) is 10.8. The van der Waals surface area contributed by atoms with Crippen molar-refractivity contribution >= 4 is 29.2 Å². The van der Waals surface area contributed by atoms with Gasteiger partial charge in [0.05, 0.1) is 5.56 Å². The van der Waals surface area contributed by atoms with Crippen molar-refractivity contribution in [2.75, 3.05) is 0 Å². The van der Waals surface area contributed by atoms with Gasteiger partial charge in [0.2, 0.25) is 0 Å². The third-order valence-corrected chi connectivity index (χ3v) is 5.50. The lowest BCUT2D eigenvalue weighted by atomic mass is 9.96. The number of phenolic OH excluding ortho intramolecular Hbond substituents is 1. The molecule has 33 heavy (non-hydrogen) atoms. The maximum Gasteiger partial charge on any atom is 0.387 e. The second kappa shape index (κ2) is 10.3. The number of benzene rings is 3. The van der Waals surface area contributed by atoms with Gasteiger partial charge in [-0.3, -0.25) is 4.79 Å². The van der Waals surface area contributed by atoms with E-state index in [2.05, 4.69) is 4.74 Å². The molecule has 0 unspecified atom stereocenters. The minimum Gasteiger partial charge on any atom is -0.507 e. The van der Waals surface area contributed by atoms with Crippen LogP contribution in [0, 0.1) is 11.6 Å². The number of alkyl halides is 2. The molecule has 174 valence electrons. The lowest BCUT2D eigenvalue weighted by Gasteiger charge is -2.15. The Labute approximate surface area is 196 Å². The van der Waals surface area contributed by atoms with Gasteiger partial charge in [-0.1, -0.05) is 29.3 Å². The van der Waals surface area contributed by atoms with E-state index in [9.17, 15) is 23.1 Å². The van der Waals surface area contributed by atoms with Gasteiger partial charge in [-0.05, 0) is 59.5 Å². The fraction of sp³-hybridized carbons (Fsp3) is 0.174. The molecule has 0 bridgehead atoms. The molecule has 0 atom stereocenters. The van der Waals surface area contributed by atoms with Gasteiger partial charge in [-0.15, -0.1) is 0 Å². The summed E-state index contributed by atoms with van der Waals surface area (Å²) in [5.41, 5.74) is -0.0742. The van der Waals surface area contributed by atoms with Crippen LogP contribution >= 0.6 is 23.2 Å². The third-order valence-electron chi connectivity index (χ3n) is 4.83. The molecule has 0 spiro atoms. The zero-order valence-electron chi connectivity index (χ0n) is 16.7. The topological polar surface area (TPSA) is 66.8 Å². The molecule has 0 aromatic heterocycles. The number of carbonyl (C=O) groups is 1. The fourth-order valence-electron chi connectivity index (χ4n) is 3.28. The van der Waals surface area contributed by atoms with Gasteiger partial charge in [0, 0.05) is 28.5 Å². The van der Waals surface area contributed by atoms with E-state index in [0.29, 0.717) is 11.1 Å². The van der Waals surface area contributed by atoms with Crippen LogP contribution in [0.15, 0.2) is 42.5 Å². The molecule has 2 N–H and O–H groups in total. The molecule has 0 radical (unpaired) electrons. The Balaban J connectivity index is 2.00. The molecule has 0 saturated carbocycles. The van der Waals surface area contributed by atoms with E-state index in [4.69, 9.17) is 28.3 Å². The van der Waals surface area contributed by atoms with Crippen molar-refractivity contribution in [3.05, 3.63) is 80.8 Å². The van der Waals surface area contributed by atoms with E-state index < -0.39 is 46.8 Å². The van der Waals surface area contributed by atoms with Crippen molar-refractivity contribution in [2.45, 2.75) is 25.9 Å². The van der Waals surface area contributed by atoms with E-state index in [1.807, 2.05) is 0 Å². The first kappa shape index (κ1) is 24.7. The second-order valence-electron chi connectivity index (χ2n) is 7.06. The highest BCUT2D eigenvalue weighted by Crippen LogP contribution is 2.39. The van der Waals surface area contributed by atoms with E-state index in [-0.39, 0.29) is 34.9 Å². The summed E-state index contributed by atoms with van der Waals surface area (Å²) in [6.45, 7) is -3.17. The highest BCUT2D eigenvalue weighted by molar-refractivity contribution is 6.36. The normalized spacial score (nSPS) is 11.1. The van der Waals surface area contributed by atoms with Crippen LogP contribution in [-0.2, 0) is 17.6 Å². The standard InChI is InChI=1S/C23H16Cl2F4O4/c24-16-7-11(1-6-20(31)32)8-17(25)14(16)9-12-2-5-19(30)21(22(12)27)15-10-13(33-23(28)29)3-4-18(15)26/h2-5,7-8,10,23,30H,1,6,9H2,(H,31,32). The monoisotopic (exact) mass is 502 g/mol. The Bertz CT molecular complexity index is 1180. The van der Waals surface area contributed by atoms with E-state index in [1.54, 1.807) is 0 Å². The number of rotatable bonds is 8. The lowest BCUT2D eigenvalue weighted by molar-refractivity contribution is -0.136. The number of carboxylic acid groups (broad SMARTS) is 1. The van der Waals surface area contributed by atoms with Crippen molar-refractivity contribution < 1.29 is 37.3 Å².